The molecule has 0 aromatic heterocycles. The molecule has 18 heavy (non-hydrogen) atoms. The predicted octanol–water partition coefficient (Wildman–Crippen LogP) is 1.82. The Morgan fingerprint density at radius 1 is 1.33 bits per heavy atom. The Bertz CT molecular complexity index is 470. The number of hydrogen-bond acceptors (Lipinski definition) is 3. The molecule has 98 valence electrons. The van der Waals surface area contributed by atoms with E-state index in [1.807, 2.05) is 19.2 Å². The Balaban J connectivity index is 2.17. The van der Waals surface area contributed by atoms with Gasteiger partial charge in [0, 0.05) is 26.4 Å². The maximum absolute atomic E-state index is 11.2. The summed E-state index contributed by atoms with van der Waals surface area (Å²) in [5.41, 5.74) is 2.55. The highest BCUT2D eigenvalue weighted by atomic mass is 16.5. The summed E-state index contributed by atoms with van der Waals surface area (Å²) in [6, 6.07) is 4.05. The molecule has 1 aromatic rings. The van der Waals surface area contributed by atoms with E-state index in [4.69, 9.17) is 9.47 Å². The number of ether oxygens (including phenoxy) is 2. The van der Waals surface area contributed by atoms with Crippen molar-refractivity contribution in [1.82, 2.24) is 4.90 Å². The number of fused-ring (bicyclic) bond motifs is 1. The summed E-state index contributed by atoms with van der Waals surface area (Å²) in [4.78, 5) is 13.0. The Hall–Kier alpha value is -1.71. The van der Waals surface area contributed by atoms with Crippen molar-refractivity contribution in [3.05, 3.63) is 23.3 Å². The van der Waals surface area contributed by atoms with E-state index in [1.165, 1.54) is 11.1 Å². The second kappa shape index (κ2) is 4.88. The fraction of sp³-hybridized carbons (Fsp3) is 0.500. The van der Waals surface area contributed by atoms with Gasteiger partial charge >= 0.3 is 0 Å². The highest BCUT2D eigenvalue weighted by Crippen LogP contribution is 2.42. The number of amides is 1. The summed E-state index contributed by atoms with van der Waals surface area (Å²) in [6.45, 7) is 2.35. The summed E-state index contributed by atoms with van der Waals surface area (Å²) in [7, 11) is 5.12. The fourth-order valence-corrected chi connectivity index (χ4v) is 2.36. The van der Waals surface area contributed by atoms with Crippen LogP contribution in [0, 0.1) is 0 Å². The van der Waals surface area contributed by atoms with E-state index in [-0.39, 0.29) is 5.91 Å². The van der Waals surface area contributed by atoms with Gasteiger partial charge in [0.15, 0.2) is 11.5 Å². The van der Waals surface area contributed by atoms with Crippen LogP contribution in [0.25, 0.3) is 0 Å². The van der Waals surface area contributed by atoms with Gasteiger partial charge in [-0.05, 0) is 29.7 Å². The SMILES string of the molecule is COc1cc2c(cc1OC)C(CN(C)C(C)=O)C2. The van der Waals surface area contributed by atoms with Gasteiger partial charge in [-0.1, -0.05) is 0 Å². The molecule has 0 N–H and O–H groups in total. The average Bonchev–Trinajstić information content (AvgIpc) is 2.34. The minimum Gasteiger partial charge on any atom is -0.493 e. The number of benzene rings is 1. The summed E-state index contributed by atoms with van der Waals surface area (Å²) in [5.74, 6) is 2.04. The number of hydrogen-bond donors (Lipinski definition) is 0. The van der Waals surface area contributed by atoms with Crippen molar-refractivity contribution in [3.8, 4) is 11.5 Å². The van der Waals surface area contributed by atoms with E-state index in [0.29, 0.717) is 5.92 Å². The van der Waals surface area contributed by atoms with Crippen molar-refractivity contribution < 1.29 is 14.3 Å². The zero-order valence-corrected chi connectivity index (χ0v) is 11.3. The van der Waals surface area contributed by atoms with Crippen LogP contribution in [0.2, 0.25) is 0 Å². The van der Waals surface area contributed by atoms with Crippen LogP contribution in [0.5, 0.6) is 11.5 Å². The molecule has 0 spiro atoms. The van der Waals surface area contributed by atoms with E-state index in [2.05, 4.69) is 0 Å². The molecule has 0 aliphatic heterocycles. The third kappa shape index (κ3) is 2.15. The molecule has 4 nitrogen and oxygen atoms in total. The Morgan fingerprint density at radius 3 is 2.50 bits per heavy atom. The van der Waals surface area contributed by atoms with Crippen LogP contribution in [-0.2, 0) is 11.2 Å². The van der Waals surface area contributed by atoms with Crippen LogP contribution in [0.4, 0.5) is 0 Å². The maximum Gasteiger partial charge on any atom is 0.219 e. The van der Waals surface area contributed by atoms with Crippen LogP contribution < -0.4 is 9.47 Å². The highest BCUT2D eigenvalue weighted by Gasteiger charge is 2.29. The van der Waals surface area contributed by atoms with Crippen molar-refractivity contribution in [2.75, 3.05) is 27.8 Å². The van der Waals surface area contributed by atoms with Crippen LogP contribution in [0.15, 0.2) is 12.1 Å². The Labute approximate surface area is 107 Å². The first kappa shape index (κ1) is 12.7. The smallest absolute Gasteiger partial charge is 0.219 e. The number of nitrogens with zero attached hydrogens (tertiary/aromatic N) is 1. The van der Waals surface area contributed by atoms with Gasteiger partial charge in [0.25, 0.3) is 0 Å². The molecule has 0 bridgehead atoms. The van der Waals surface area contributed by atoms with Gasteiger partial charge in [-0.25, -0.2) is 0 Å². The van der Waals surface area contributed by atoms with E-state index in [9.17, 15) is 4.79 Å². The molecule has 1 atom stereocenters. The lowest BCUT2D eigenvalue weighted by molar-refractivity contribution is -0.127. The van der Waals surface area contributed by atoms with E-state index in [0.717, 1.165) is 24.5 Å². The van der Waals surface area contributed by atoms with Gasteiger partial charge < -0.3 is 14.4 Å². The first-order chi connectivity index (χ1) is 8.56. The highest BCUT2D eigenvalue weighted by molar-refractivity contribution is 5.73. The first-order valence-electron chi connectivity index (χ1n) is 6.03. The van der Waals surface area contributed by atoms with Gasteiger partial charge in [-0.2, -0.15) is 0 Å². The third-order valence-electron chi connectivity index (χ3n) is 3.58. The molecule has 1 aromatic carbocycles. The molecule has 1 aliphatic carbocycles. The fourth-order valence-electron chi connectivity index (χ4n) is 2.36. The number of rotatable bonds is 4. The standard InChI is InChI=1S/C14H19NO3/c1-9(16)15(2)8-11-5-10-6-13(17-3)14(18-4)7-12(10)11/h6-7,11H,5,8H2,1-4H3. The molecule has 1 amide bonds. The molecule has 0 heterocycles. The van der Waals surface area contributed by atoms with Crippen LogP contribution >= 0.6 is 0 Å². The second-order valence-corrected chi connectivity index (χ2v) is 4.71. The largest absolute Gasteiger partial charge is 0.493 e. The van der Waals surface area contributed by atoms with E-state index in [1.54, 1.807) is 26.0 Å². The van der Waals surface area contributed by atoms with Crippen molar-refractivity contribution >= 4 is 5.91 Å². The van der Waals surface area contributed by atoms with E-state index < -0.39 is 0 Å². The van der Waals surface area contributed by atoms with Crippen LogP contribution in [0.1, 0.15) is 24.0 Å². The van der Waals surface area contributed by atoms with Crippen LogP contribution in [-0.4, -0.2) is 38.6 Å². The molecular weight excluding hydrogens is 230 g/mol. The number of carbonyl (C=O) groups excluding carboxylic acids is 1. The molecule has 0 radical (unpaired) electrons. The molecule has 0 saturated carbocycles. The molecule has 0 fully saturated rings. The maximum atomic E-state index is 11.2. The van der Waals surface area contributed by atoms with Crippen molar-refractivity contribution in [2.45, 2.75) is 19.3 Å². The molecular formula is C14H19NO3. The van der Waals surface area contributed by atoms with Gasteiger partial charge in [0.05, 0.1) is 14.2 Å². The molecule has 1 unspecified atom stereocenters. The van der Waals surface area contributed by atoms with Gasteiger partial charge in [0.2, 0.25) is 5.91 Å². The summed E-state index contributed by atoms with van der Waals surface area (Å²) >= 11 is 0. The van der Waals surface area contributed by atoms with Gasteiger partial charge in [-0.3, -0.25) is 4.79 Å². The summed E-state index contributed by atoms with van der Waals surface area (Å²) in [5, 5.41) is 0. The average molecular weight is 249 g/mol. The minimum atomic E-state index is 0.101. The lowest BCUT2D eigenvalue weighted by Crippen LogP contribution is -2.33. The Kier molecular flexibility index (Phi) is 3.45. The second-order valence-electron chi connectivity index (χ2n) is 4.71. The third-order valence-corrected chi connectivity index (χ3v) is 3.58. The number of likely N-dealkylation sites (N-methyl/N-ethyl adjacent to an activating group) is 1. The van der Waals surface area contributed by atoms with Crippen molar-refractivity contribution in [1.29, 1.82) is 0 Å². The first-order valence-corrected chi connectivity index (χ1v) is 6.03. The quantitative estimate of drug-likeness (QED) is 0.817. The van der Waals surface area contributed by atoms with Crippen molar-refractivity contribution in [3.63, 3.8) is 0 Å². The number of methoxy groups -OCH3 is 2. The summed E-state index contributed by atoms with van der Waals surface area (Å²) < 4.78 is 10.6. The minimum absolute atomic E-state index is 0.101. The monoisotopic (exact) mass is 249 g/mol. The topological polar surface area (TPSA) is 38.8 Å². The zero-order valence-electron chi connectivity index (χ0n) is 11.3. The molecule has 4 heteroatoms. The normalized spacial score (nSPS) is 16.6. The number of carbonyl (C=O) groups is 1. The molecule has 0 saturated heterocycles. The molecule has 1 aliphatic rings. The van der Waals surface area contributed by atoms with Gasteiger partial charge in [-0.15, -0.1) is 0 Å². The zero-order chi connectivity index (χ0) is 13.3. The Morgan fingerprint density at radius 2 is 1.94 bits per heavy atom. The van der Waals surface area contributed by atoms with E-state index >= 15 is 0 Å². The van der Waals surface area contributed by atoms with Crippen molar-refractivity contribution in [2.24, 2.45) is 0 Å². The predicted molar refractivity (Wildman–Crippen MR) is 69.3 cm³/mol. The van der Waals surface area contributed by atoms with Gasteiger partial charge in [0.1, 0.15) is 0 Å². The van der Waals surface area contributed by atoms with Crippen LogP contribution in [0.3, 0.4) is 0 Å². The molecule has 2 rings (SSSR count). The summed E-state index contributed by atoms with van der Waals surface area (Å²) in [6.07, 6.45) is 0.993. The lowest BCUT2D eigenvalue weighted by Gasteiger charge is -2.34. The lowest BCUT2D eigenvalue weighted by atomic mass is 9.77.